The molecule has 0 aromatic heterocycles. The van der Waals surface area contributed by atoms with Crippen molar-refractivity contribution in [3.05, 3.63) is 48.0 Å². The number of amides is 2. The average molecular weight is 403 g/mol. The minimum absolute atomic E-state index is 0.152. The van der Waals surface area contributed by atoms with Crippen LogP contribution in [0.1, 0.15) is 12.8 Å². The lowest BCUT2D eigenvalue weighted by molar-refractivity contribution is -0.323. The molecule has 1 aliphatic heterocycles. The van der Waals surface area contributed by atoms with E-state index in [-0.39, 0.29) is 35.9 Å². The van der Waals surface area contributed by atoms with Gasteiger partial charge in [-0.1, -0.05) is 24.8 Å². The van der Waals surface area contributed by atoms with Gasteiger partial charge in [0.2, 0.25) is 5.91 Å². The van der Waals surface area contributed by atoms with Gasteiger partial charge in [-0.3, -0.25) is 9.59 Å². The van der Waals surface area contributed by atoms with Gasteiger partial charge >= 0.3 is 0 Å². The van der Waals surface area contributed by atoms with Crippen molar-refractivity contribution in [2.45, 2.75) is 12.8 Å². The van der Waals surface area contributed by atoms with Crippen LogP contribution >= 0.6 is 11.6 Å². The predicted octanol–water partition coefficient (Wildman–Crippen LogP) is 2.27. The Kier molecular flexibility index (Phi) is 11.1. The molecule has 0 spiro atoms. The lowest BCUT2D eigenvalue weighted by Crippen LogP contribution is -2.35. The van der Waals surface area contributed by atoms with Crippen LogP contribution in [0.4, 0.5) is 4.39 Å². The summed E-state index contributed by atoms with van der Waals surface area (Å²) in [4.78, 5) is 33.2. The van der Waals surface area contributed by atoms with Gasteiger partial charge in [0.15, 0.2) is 6.61 Å². The van der Waals surface area contributed by atoms with E-state index < -0.39 is 5.83 Å². The summed E-state index contributed by atoms with van der Waals surface area (Å²) < 4.78 is 17.5. The van der Waals surface area contributed by atoms with Crippen molar-refractivity contribution in [3.63, 3.8) is 0 Å². The molecule has 1 fully saturated rings. The lowest BCUT2D eigenvalue weighted by atomic mass is 10.1. The number of hydrogen-bond donors (Lipinski definition) is 2. The van der Waals surface area contributed by atoms with Crippen LogP contribution in [0, 0.1) is 5.92 Å². The number of ether oxygens (including phenoxy) is 1. The SMILES string of the molecule is C=C(CCNC(=O)CO/C=C/C=C(/Cl)C(=C)F)C(=O)NCC1CCOOC1. The van der Waals surface area contributed by atoms with Crippen molar-refractivity contribution in [1.82, 2.24) is 10.6 Å². The summed E-state index contributed by atoms with van der Waals surface area (Å²) >= 11 is 5.50. The molecule has 0 bridgehead atoms. The van der Waals surface area contributed by atoms with Gasteiger partial charge in [0.25, 0.3) is 5.91 Å². The van der Waals surface area contributed by atoms with Crippen LogP contribution in [-0.4, -0.2) is 44.7 Å². The molecule has 150 valence electrons. The largest absolute Gasteiger partial charge is 0.491 e. The second-order valence-electron chi connectivity index (χ2n) is 5.73. The summed E-state index contributed by atoms with van der Waals surface area (Å²) in [5, 5.41) is 5.23. The van der Waals surface area contributed by atoms with Gasteiger partial charge in [-0.05, 0) is 25.0 Å². The highest BCUT2D eigenvalue weighted by molar-refractivity contribution is 6.31. The molecule has 2 amide bonds. The van der Waals surface area contributed by atoms with Crippen molar-refractivity contribution in [2.75, 3.05) is 32.9 Å². The quantitative estimate of drug-likeness (QED) is 0.240. The normalized spacial score (nSPS) is 17.4. The maximum atomic E-state index is 12.6. The third-order valence-corrected chi connectivity index (χ3v) is 3.84. The number of carbonyl (C=O) groups is 2. The standard InChI is InChI=1S/C18H24ClFN2O5/c1-13(18(24)22-10-15-6-9-26-27-11-15)5-7-21-17(23)12-25-8-3-4-16(19)14(2)20/h3-4,8,15H,1-2,5-7,9-12H2,(H,21,23)(H,22,24)/b8-3+,16-4+. The molecule has 1 unspecified atom stereocenters. The number of halogens is 2. The van der Waals surface area contributed by atoms with Crippen molar-refractivity contribution in [2.24, 2.45) is 5.92 Å². The Bertz CT molecular complexity index is 601. The fraction of sp³-hybridized carbons (Fsp3) is 0.444. The number of carbonyl (C=O) groups excluding carboxylic acids is 2. The molecule has 27 heavy (non-hydrogen) atoms. The van der Waals surface area contributed by atoms with Crippen LogP contribution in [0.5, 0.6) is 0 Å². The van der Waals surface area contributed by atoms with Gasteiger partial charge in [0.1, 0.15) is 5.83 Å². The highest BCUT2D eigenvalue weighted by Gasteiger charge is 2.16. The molecule has 2 N–H and O–H groups in total. The first-order chi connectivity index (χ1) is 12.9. The Morgan fingerprint density at radius 3 is 2.74 bits per heavy atom. The van der Waals surface area contributed by atoms with E-state index in [1.54, 1.807) is 0 Å². The molecule has 0 aromatic carbocycles. The van der Waals surface area contributed by atoms with Crippen LogP contribution in [0.3, 0.4) is 0 Å². The topological polar surface area (TPSA) is 85.9 Å². The van der Waals surface area contributed by atoms with E-state index in [9.17, 15) is 14.0 Å². The summed E-state index contributed by atoms with van der Waals surface area (Å²) in [5.74, 6) is -1.16. The third-order valence-electron chi connectivity index (χ3n) is 3.51. The fourth-order valence-electron chi connectivity index (χ4n) is 1.94. The molecule has 7 nitrogen and oxygen atoms in total. The molecule has 0 radical (unpaired) electrons. The van der Waals surface area contributed by atoms with Gasteiger partial charge in [-0.25, -0.2) is 14.2 Å². The van der Waals surface area contributed by atoms with Crippen LogP contribution in [0.15, 0.2) is 48.0 Å². The maximum Gasteiger partial charge on any atom is 0.257 e. The van der Waals surface area contributed by atoms with Gasteiger partial charge < -0.3 is 15.4 Å². The first-order valence-corrected chi connectivity index (χ1v) is 8.73. The van der Waals surface area contributed by atoms with E-state index in [0.29, 0.717) is 31.8 Å². The van der Waals surface area contributed by atoms with Crippen molar-refractivity contribution < 1.29 is 28.5 Å². The van der Waals surface area contributed by atoms with E-state index in [4.69, 9.17) is 26.1 Å². The highest BCUT2D eigenvalue weighted by Crippen LogP contribution is 2.13. The van der Waals surface area contributed by atoms with Crippen LogP contribution in [-0.2, 0) is 24.1 Å². The molecule has 1 rings (SSSR count). The summed E-state index contributed by atoms with van der Waals surface area (Å²) in [6, 6.07) is 0. The second-order valence-corrected chi connectivity index (χ2v) is 6.14. The Morgan fingerprint density at radius 1 is 1.30 bits per heavy atom. The molecular weight excluding hydrogens is 379 g/mol. The molecular formula is C18H24ClFN2O5. The molecule has 1 heterocycles. The van der Waals surface area contributed by atoms with E-state index in [0.717, 1.165) is 6.42 Å². The number of nitrogens with one attached hydrogen (secondary N) is 2. The van der Waals surface area contributed by atoms with Gasteiger partial charge in [-0.15, -0.1) is 0 Å². The monoisotopic (exact) mass is 402 g/mol. The van der Waals surface area contributed by atoms with Crippen molar-refractivity contribution in [1.29, 1.82) is 0 Å². The summed E-state index contributed by atoms with van der Waals surface area (Å²) in [6.07, 6.45) is 4.93. The summed E-state index contributed by atoms with van der Waals surface area (Å²) in [6.45, 7) is 8.22. The Morgan fingerprint density at radius 2 is 2.07 bits per heavy atom. The zero-order valence-corrected chi connectivity index (χ0v) is 15.7. The smallest absolute Gasteiger partial charge is 0.257 e. The van der Waals surface area contributed by atoms with Crippen LogP contribution in [0.2, 0.25) is 0 Å². The van der Waals surface area contributed by atoms with Crippen LogP contribution in [0.25, 0.3) is 0 Å². The molecule has 0 saturated carbocycles. The van der Waals surface area contributed by atoms with E-state index in [1.807, 2.05) is 0 Å². The predicted molar refractivity (Wildman–Crippen MR) is 99.1 cm³/mol. The van der Waals surface area contributed by atoms with Crippen molar-refractivity contribution in [3.8, 4) is 0 Å². The Balaban J connectivity index is 2.12. The average Bonchev–Trinajstić information content (AvgIpc) is 2.66. The van der Waals surface area contributed by atoms with Gasteiger partial charge in [0, 0.05) is 24.6 Å². The molecule has 1 saturated heterocycles. The van der Waals surface area contributed by atoms with Gasteiger partial charge in [0.05, 0.1) is 24.5 Å². The van der Waals surface area contributed by atoms with Gasteiger partial charge in [-0.2, -0.15) is 0 Å². The first-order valence-electron chi connectivity index (χ1n) is 8.36. The highest BCUT2D eigenvalue weighted by atomic mass is 35.5. The van der Waals surface area contributed by atoms with E-state index in [1.165, 1.54) is 18.4 Å². The third kappa shape index (κ3) is 10.5. The number of allylic oxidation sites excluding steroid dienone is 4. The zero-order chi connectivity index (χ0) is 20.1. The minimum Gasteiger partial charge on any atom is -0.491 e. The number of hydrogen-bond acceptors (Lipinski definition) is 5. The first kappa shape index (κ1) is 22.9. The summed E-state index contributed by atoms with van der Waals surface area (Å²) in [7, 11) is 0. The molecule has 1 aliphatic rings. The number of rotatable bonds is 11. The van der Waals surface area contributed by atoms with E-state index in [2.05, 4.69) is 23.8 Å². The molecule has 0 aliphatic carbocycles. The zero-order valence-electron chi connectivity index (χ0n) is 15.0. The molecule has 9 heteroatoms. The van der Waals surface area contributed by atoms with Crippen molar-refractivity contribution >= 4 is 23.4 Å². The Hall–Kier alpha value is -2.16. The second kappa shape index (κ2) is 13.1. The minimum atomic E-state index is -0.760. The summed E-state index contributed by atoms with van der Waals surface area (Å²) in [5.41, 5.74) is 0.371. The molecule has 1 atom stereocenters. The maximum absolute atomic E-state index is 12.6. The van der Waals surface area contributed by atoms with Crippen LogP contribution < -0.4 is 10.6 Å². The lowest BCUT2D eigenvalue weighted by Gasteiger charge is -2.21. The fourth-order valence-corrected chi connectivity index (χ4v) is 2.01. The molecule has 0 aromatic rings. The Labute approximate surface area is 162 Å². The van der Waals surface area contributed by atoms with E-state index >= 15 is 0 Å².